The van der Waals surface area contributed by atoms with Crippen molar-refractivity contribution in [3.05, 3.63) is 12.2 Å². The van der Waals surface area contributed by atoms with Gasteiger partial charge in [0.1, 0.15) is 6.10 Å². The Morgan fingerprint density at radius 3 is 0.909 bits per heavy atom. The summed E-state index contributed by atoms with van der Waals surface area (Å²) in [5.74, 6) is -0.417. The van der Waals surface area contributed by atoms with Gasteiger partial charge in [0.2, 0.25) is 0 Å². The molecular weight excluding hydrogens is 572 g/mol. The van der Waals surface area contributed by atoms with Gasteiger partial charge < -0.3 is 47.4 Å². The molecule has 0 aliphatic heterocycles. The minimum absolute atomic E-state index is 0.0241. The first-order valence-electron chi connectivity index (χ1n) is 16.1. The van der Waals surface area contributed by atoms with E-state index in [-0.39, 0.29) is 61.5 Å². The van der Waals surface area contributed by atoms with Gasteiger partial charge >= 0.3 is 5.97 Å². The third-order valence-electron chi connectivity index (χ3n) is 6.14. The van der Waals surface area contributed by atoms with Gasteiger partial charge in [-0.15, -0.1) is 0 Å². The van der Waals surface area contributed by atoms with Crippen LogP contribution in [0.25, 0.3) is 0 Å². The maximum Gasteiger partial charge on any atom is 0.333 e. The topological polar surface area (TPSA) is 109 Å². The van der Waals surface area contributed by atoms with Gasteiger partial charge in [-0.05, 0) is 76.2 Å². The molecule has 0 radical (unpaired) electrons. The average molecular weight is 637 g/mol. The lowest BCUT2D eigenvalue weighted by molar-refractivity contribution is -0.148. The molecule has 0 saturated carbocycles. The fourth-order valence-electron chi connectivity index (χ4n) is 3.38. The smallest absolute Gasteiger partial charge is 0.333 e. The Kier molecular flexibility index (Phi) is 25.3. The zero-order valence-corrected chi connectivity index (χ0v) is 29.5. The van der Waals surface area contributed by atoms with Crippen molar-refractivity contribution < 1.29 is 52.2 Å². The molecule has 0 spiro atoms. The van der Waals surface area contributed by atoms with Gasteiger partial charge in [-0.3, -0.25) is 0 Å². The predicted octanol–water partition coefficient (Wildman–Crippen LogP) is 4.77. The molecule has 0 fully saturated rings. The average Bonchev–Trinajstić information content (AvgIpc) is 2.98. The zero-order chi connectivity index (χ0) is 33.5. The molecule has 0 amide bonds. The van der Waals surface area contributed by atoms with E-state index in [1.807, 2.05) is 62.3 Å². The van der Waals surface area contributed by atoms with Crippen LogP contribution in [-0.4, -0.2) is 127 Å². The van der Waals surface area contributed by atoms with E-state index in [0.717, 1.165) is 0 Å². The van der Waals surface area contributed by atoms with E-state index >= 15 is 0 Å². The molecule has 0 saturated heterocycles. The fourth-order valence-corrected chi connectivity index (χ4v) is 3.38. The molecule has 0 aliphatic rings. The lowest BCUT2D eigenvalue weighted by Gasteiger charge is -2.23. The largest absolute Gasteiger partial charge is 0.457 e. The van der Waals surface area contributed by atoms with Gasteiger partial charge in [0.05, 0.1) is 108 Å². The number of esters is 1. The Balaban J connectivity index is 3.93. The van der Waals surface area contributed by atoms with Crippen molar-refractivity contribution in [3.8, 4) is 0 Å². The van der Waals surface area contributed by atoms with Crippen LogP contribution in [0.2, 0.25) is 0 Å². The first kappa shape index (κ1) is 42.9. The van der Waals surface area contributed by atoms with Gasteiger partial charge in [0.15, 0.2) is 0 Å². The molecule has 9 atom stereocenters. The summed E-state index contributed by atoms with van der Waals surface area (Å²) in [6.07, 6.45) is -0.904. The lowest BCUT2D eigenvalue weighted by atomic mass is 10.3. The van der Waals surface area contributed by atoms with E-state index < -0.39 is 5.97 Å². The van der Waals surface area contributed by atoms with Crippen LogP contribution in [0, 0.1) is 0 Å². The molecule has 11 nitrogen and oxygen atoms in total. The van der Waals surface area contributed by atoms with Crippen molar-refractivity contribution in [1.82, 2.24) is 0 Å². The Labute approximate surface area is 267 Å². The minimum Gasteiger partial charge on any atom is -0.457 e. The van der Waals surface area contributed by atoms with Gasteiger partial charge in [0.25, 0.3) is 0 Å². The molecule has 0 bridgehead atoms. The normalized spacial score (nSPS) is 18.1. The molecule has 11 heteroatoms. The van der Waals surface area contributed by atoms with Gasteiger partial charge in [0, 0.05) is 12.2 Å². The molecular formula is C33H64O11. The monoisotopic (exact) mass is 636 g/mol. The molecule has 0 rings (SSSR count). The van der Waals surface area contributed by atoms with E-state index in [9.17, 15) is 4.79 Å². The van der Waals surface area contributed by atoms with Crippen LogP contribution in [0.1, 0.15) is 76.2 Å². The maximum absolute atomic E-state index is 11.6. The molecule has 0 N–H and O–H groups in total. The lowest BCUT2D eigenvalue weighted by Crippen LogP contribution is -2.30. The first-order chi connectivity index (χ1) is 20.7. The van der Waals surface area contributed by atoms with E-state index in [4.69, 9.17) is 47.4 Å². The van der Waals surface area contributed by atoms with E-state index in [1.165, 1.54) is 0 Å². The molecule has 0 aromatic carbocycles. The van der Waals surface area contributed by atoms with Crippen molar-refractivity contribution in [2.24, 2.45) is 0 Å². The highest BCUT2D eigenvalue weighted by molar-refractivity contribution is 5.87. The summed E-state index contributed by atoms with van der Waals surface area (Å²) in [5, 5.41) is 0. The van der Waals surface area contributed by atoms with Crippen molar-refractivity contribution in [2.75, 3.05) is 66.1 Å². The van der Waals surface area contributed by atoms with Crippen LogP contribution in [0.5, 0.6) is 0 Å². The summed E-state index contributed by atoms with van der Waals surface area (Å²) < 4.78 is 57.3. The number of hydrogen-bond acceptors (Lipinski definition) is 11. The quantitative estimate of drug-likeness (QED) is 0.0837. The van der Waals surface area contributed by atoms with E-state index in [1.54, 1.807) is 13.8 Å². The van der Waals surface area contributed by atoms with Crippen molar-refractivity contribution in [3.63, 3.8) is 0 Å². The Bertz CT molecular complexity index is 722. The molecule has 0 heterocycles. The third kappa shape index (κ3) is 25.1. The van der Waals surface area contributed by atoms with E-state index in [0.29, 0.717) is 65.0 Å². The molecule has 262 valence electrons. The maximum atomic E-state index is 11.6. The second-order valence-electron chi connectivity index (χ2n) is 11.8. The Morgan fingerprint density at radius 1 is 0.455 bits per heavy atom. The van der Waals surface area contributed by atoms with Crippen LogP contribution in [0.4, 0.5) is 0 Å². The summed E-state index contributed by atoms with van der Waals surface area (Å²) in [4.78, 5) is 11.6. The van der Waals surface area contributed by atoms with Crippen LogP contribution in [0.15, 0.2) is 12.2 Å². The fraction of sp³-hybridized carbons (Fsp3) is 0.909. The van der Waals surface area contributed by atoms with Gasteiger partial charge in [-0.25, -0.2) is 4.79 Å². The number of hydrogen-bond donors (Lipinski definition) is 0. The standard InChI is InChI=1S/C33H64O11/c1-13-35-14-24(4)36-15-25(5)37-16-26(6)38-17-27(7)39-18-28(8)40-19-29(9)41-20-30(10)42-21-31(11)43-22-32(12)44-33(34)23(2)3/h24-32H,2,13-22H2,1,3-12H3. The van der Waals surface area contributed by atoms with Crippen molar-refractivity contribution in [2.45, 2.75) is 131 Å². The van der Waals surface area contributed by atoms with Crippen LogP contribution in [-0.2, 0) is 52.2 Å². The van der Waals surface area contributed by atoms with Crippen molar-refractivity contribution in [1.29, 1.82) is 0 Å². The van der Waals surface area contributed by atoms with Crippen LogP contribution < -0.4 is 0 Å². The molecule has 44 heavy (non-hydrogen) atoms. The van der Waals surface area contributed by atoms with Crippen molar-refractivity contribution >= 4 is 5.97 Å². The molecule has 0 aliphatic carbocycles. The summed E-state index contributed by atoms with van der Waals surface area (Å²) in [6.45, 7) is 29.5. The van der Waals surface area contributed by atoms with Gasteiger partial charge in [-0.1, -0.05) is 6.58 Å². The minimum atomic E-state index is -0.417. The summed E-state index contributed by atoms with van der Waals surface area (Å²) in [7, 11) is 0. The summed E-state index contributed by atoms with van der Waals surface area (Å²) in [6, 6.07) is 0. The number of ether oxygens (including phenoxy) is 10. The van der Waals surface area contributed by atoms with Gasteiger partial charge in [-0.2, -0.15) is 0 Å². The predicted molar refractivity (Wildman–Crippen MR) is 170 cm³/mol. The number of carbonyl (C=O) groups excluding carboxylic acids is 1. The summed E-state index contributed by atoms with van der Waals surface area (Å²) >= 11 is 0. The highest BCUT2D eigenvalue weighted by atomic mass is 16.6. The molecule has 0 aromatic heterocycles. The second-order valence-corrected chi connectivity index (χ2v) is 11.8. The third-order valence-corrected chi connectivity index (χ3v) is 6.14. The number of carbonyl (C=O) groups is 1. The van der Waals surface area contributed by atoms with E-state index in [2.05, 4.69) is 6.58 Å². The Morgan fingerprint density at radius 2 is 0.682 bits per heavy atom. The zero-order valence-electron chi connectivity index (χ0n) is 29.5. The van der Waals surface area contributed by atoms with Crippen LogP contribution in [0.3, 0.4) is 0 Å². The SMILES string of the molecule is C=C(C)C(=O)OC(C)COC(C)COC(C)COC(C)COC(C)COC(C)COC(C)COC(C)COC(C)COCC. The second kappa shape index (κ2) is 26.0. The molecule has 9 unspecified atom stereocenters. The molecule has 0 aromatic rings. The number of rotatable bonds is 29. The first-order valence-corrected chi connectivity index (χ1v) is 16.1. The highest BCUT2D eigenvalue weighted by Crippen LogP contribution is 2.06. The highest BCUT2D eigenvalue weighted by Gasteiger charge is 2.16. The van der Waals surface area contributed by atoms with Crippen LogP contribution >= 0.6 is 0 Å². The summed E-state index contributed by atoms with van der Waals surface area (Å²) in [5.41, 5.74) is 0.365. The Hall–Kier alpha value is -1.15.